The van der Waals surface area contributed by atoms with Crippen LogP contribution in [0.1, 0.15) is 29.5 Å². The fourth-order valence-corrected chi connectivity index (χ4v) is 3.85. The van der Waals surface area contributed by atoms with Gasteiger partial charge in [0.15, 0.2) is 0 Å². The number of fused-ring (bicyclic) bond motifs is 1. The van der Waals surface area contributed by atoms with Crippen molar-refractivity contribution < 1.29 is 9.53 Å². The van der Waals surface area contributed by atoms with Crippen LogP contribution in [0.3, 0.4) is 0 Å². The van der Waals surface area contributed by atoms with Crippen molar-refractivity contribution >= 4 is 5.91 Å². The number of carbonyl (C=O) groups is 1. The van der Waals surface area contributed by atoms with Crippen LogP contribution in [0, 0.1) is 5.92 Å². The van der Waals surface area contributed by atoms with Gasteiger partial charge in [-0.2, -0.15) is 0 Å². The summed E-state index contributed by atoms with van der Waals surface area (Å²) in [6.07, 6.45) is 10.6. The molecule has 0 atom stereocenters. The SMILES string of the molecule is COC1CC(C(=O)NCc2ccc3c(c2)CCN(C2=CC=C2)CC3)C1. The first-order valence-corrected chi connectivity index (χ1v) is 9.27. The van der Waals surface area contributed by atoms with E-state index in [1.807, 2.05) is 0 Å². The molecule has 25 heavy (non-hydrogen) atoms. The Morgan fingerprint density at radius 3 is 2.68 bits per heavy atom. The predicted octanol–water partition coefficient (Wildman–Crippen LogP) is 2.58. The highest BCUT2D eigenvalue weighted by molar-refractivity contribution is 5.79. The van der Waals surface area contributed by atoms with Gasteiger partial charge in [0.1, 0.15) is 0 Å². The summed E-state index contributed by atoms with van der Waals surface area (Å²) in [6, 6.07) is 6.69. The minimum absolute atomic E-state index is 0.128. The van der Waals surface area contributed by atoms with E-state index < -0.39 is 0 Å². The Bertz CT molecular complexity index is 717. The number of nitrogens with zero attached hydrogens (tertiary/aromatic N) is 1. The summed E-state index contributed by atoms with van der Waals surface area (Å²) in [5, 5.41) is 3.09. The van der Waals surface area contributed by atoms with Crippen molar-refractivity contribution in [1.82, 2.24) is 10.2 Å². The average Bonchev–Trinajstić information content (AvgIpc) is 2.73. The van der Waals surface area contributed by atoms with Gasteiger partial charge in [-0.25, -0.2) is 0 Å². The molecule has 1 aromatic rings. The third kappa shape index (κ3) is 3.49. The molecule has 1 aromatic carbocycles. The summed E-state index contributed by atoms with van der Waals surface area (Å²) in [6.45, 7) is 2.78. The fraction of sp³-hybridized carbons (Fsp3) is 0.476. The van der Waals surface area contributed by atoms with E-state index >= 15 is 0 Å². The smallest absolute Gasteiger partial charge is 0.223 e. The van der Waals surface area contributed by atoms with Gasteiger partial charge in [-0.3, -0.25) is 4.79 Å². The highest BCUT2D eigenvalue weighted by Crippen LogP contribution is 2.29. The van der Waals surface area contributed by atoms with Crippen LogP contribution in [0.4, 0.5) is 0 Å². The number of methoxy groups -OCH3 is 1. The molecule has 1 aliphatic heterocycles. The zero-order chi connectivity index (χ0) is 17.2. The number of amides is 1. The standard InChI is InChI=1S/C21H26N2O2/c1-25-20-12-18(13-20)21(24)22-14-15-5-6-16-7-9-23(19-3-2-4-19)10-8-17(16)11-15/h2-6,11,18,20H,7-10,12-14H2,1H3,(H,22,24). The molecule has 0 unspecified atom stereocenters. The summed E-state index contributed by atoms with van der Waals surface area (Å²) < 4.78 is 5.25. The van der Waals surface area contributed by atoms with Crippen molar-refractivity contribution in [3.8, 4) is 0 Å². The Kier molecular flexibility index (Phi) is 4.62. The summed E-state index contributed by atoms with van der Waals surface area (Å²) >= 11 is 0. The molecule has 0 bridgehead atoms. The molecule has 1 saturated carbocycles. The lowest BCUT2D eigenvalue weighted by Gasteiger charge is -2.32. The van der Waals surface area contributed by atoms with E-state index in [2.05, 4.69) is 46.6 Å². The first kappa shape index (κ1) is 16.4. The van der Waals surface area contributed by atoms with Crippen LogP contribution in [-0.4, -0.2) is 37.1 Å². The number of allylic oxidation sites excluding steroid dienone is 3. The van der Waals surface area contributed by atoms with Crippen LogP contribution in [0.15, 0.2) is 42.1 Å². The molecule has 4 nitrogen and oxygen atoms in total. The Labute approximate surface area is 149 Å². The molecular weight excluding hydrogens is 312 g/mol. The monoisotopic (exact) mass is 338 g/mol. The van der Waals surface area contributed by atoms with Gasteiger partial charge < -0.3 is 15.0 Å². The molecule has 2 aliphatic carbocycles. The van der Waals surface area contributed by atoms with Crippen molar-refractivity contribution in [2.45, 2.75) is 38.3 Å². The summed E-state index contributed by atoms with van der Waals surface area (Å²) in [5.41, 5.74) is 5.44. The molecule has 132 valence electrons. The number of hydrogen-bond acceptors (Lipinski definition) is 3. The van der Waals surface area contributed by atoms with Crippen molar-refractivity contribution in [2.75, 3.05) is 20.2 Å². The van der Waals surface area contributed by atoms with Crippen LogP contribution in [0.25, 0.3) is 0 Å². The first-order valence-electron chi connectivity index (χ1n) is 9.27. The molecular formula is C21H26N2O2. The lowest BCUT2D eigenvalue weighted by atomic mass is 9.81. The number of hydrogen-bond donors (Lipinski definition) is 1. The molecule has 1 N–H and O–H groups in total. The van der Waals surface area contributed by atoms with Crippen molar-refractivity contribution in [1.29, 1.82) is 0 Å². The molecule has 3 aliphatic rings. The summed E-state index contributed by atoms with van der Waals surface area (Å²) in [4.78, 5) is 14.6. The predicted molar refractivity (Wildman–Crippen MR) is 98.0 cm³/mol. The first-order chi connectivity index (χ1) is 12.2. The molecule has 0 spiro atoms. The van der Waals surface area contributed by atoms with E-state index in [0.29, 0.717) is 6.54 Å². The van der Waals surface area contributed by atoms with Crippen LogP contribution >= 0.6 is 0 Å². The maximum absolute atomic E-state index is 12.2. The van der Waals surface area contributed by atoms with Gasteiger partial charge in [-0.1, -0.05) is 24.3 Å². The third-order valence-electron chi connectivity index (χ3n) is 5.74. The van der Waals surface area contributed by atoms with Gasteiger partial charge in [0.25, 0.3) is 0 Å². The van der Waals surface area contributed by atoms with Crippen molar-refractivity contribution in [3.63, 3.8) is 0 Å². The maximum atomic E-state index is 12.2. The molecule has 1 heterocycles. The fourth-order valence-electron chi connectivity index (χ4n) is 3.85. The molecule has 4 heteroatoms. The maximum Gasteiger partial charge on any atom is 0.223 e. The lowest BCUT2D eigenvalue weighted by molar-refractivity contribution is -0.132. The highest BCUT2D eigenvalue weighted by atomic mass is 16.5. The Balaban J connectivity index is 1.32. The molecule has 1 fully saturated rings. The second kappa shape index (κ2) is 7.04. The number of benzene rings is 1. The minimum atomic E-state index is 0.128. The van der Waals surface area contributed by atoms with Gasteiger partial charge in [0.2, 0.25) is 5.91 Å². The summed E-state index contributed by atoms with van der Waals surface area (Å²) in [5.74, 6) is 0.293. The third-order valence-corrected chi connectivity index (χ3v) is 5.74. The number of rotatable bonds is 5. The number of carbonyl (C=O) groups excluding carboxylic acids is 1. The van der Waals surface area contributed by atoms with Gasteiger partial charge in [0.05, 0.1) is 6.10 Å². The minimum Gasteiger partial charge on any atom is -0.381 e. The van der Waals surface area contributed by atoms with E-state index in [0.717, 1.165) is 38.8 Å². The van der Waals surface area contributed by atoms with Crippen LogP contribution in [0.2, 0.25) is 0 Å². The second-order valence-corrected chi connectivity index (χ2v) is 7.28. The van der Waals surface area contributed by atoms with Crippen LogP contribution in [-0.2, 0) is 28.9 Å². The zero-order valence-electron chi connectivity index (χ0n) is 14.8. The second-order valence-electron chi connectivity index (χ2n) is 7.28. The van der Waals surface area contributed by atoms with Gasteiger partial charge in [-0.15, -0.1) is 0 Å². The topological polar surface area (TPSA) is 41.6 Å². The lowest BCUT2D eigenvalue weighted by Crippen LogP contribution is -2.41. The van der Waals surface area contributed by atoms with Crippen LogP contribution < -0.4 is 5.32 Å². The normalized spacial score (nSPS) is 24.5. The average molecular weight is 338 g/mol. The van der Waals surface area contributed by atoms with Gasteiger partial charge in [0, 0.05) is 38.4 Å². The van der Waals surface area contributed by atoms with E-state index in [-0.39, 0.29) is 17.9 Å². The van der Waals surface area contributed by atoms with Crippen molar-refractivity contribution in [3.05, 3.63) is 58.8 Å². The molecule has 4 rings (SSSR count). The Morgan fingerprint density at radius 1 is 1.24 bits per heavy atom. The summed E-state index contributed by atoms with van der Waals surface area (Å²) in [7, 11) is 1.72. The van der Waals surface area contributed by atoms with Gasteiger partial charge >= 0.3 is 0 Å². The number of nitrogens with one attached hydrogen (secondary N) is 1. The van der Waals surface area contributed by atoms with E-state index in [9.17, 15) is 4.79 Å². The van der Waals surface area contributed by atoms with E-state index in [4.69, 9.17) is 4.74 Å². The Morgan fingerprint density at radius 2 is 2.00 bits per heavy atom. The van der Waals surface area contributed by atoms with E-state index in [1.54, 1.807) is 7.11 Å². The van der Waals surface area contributed by atoms with Gasteiger partial charge in [-0.05, 0) is 54.5 Å². The molecule has 1 amide bonds. The van der Waals surface area contributed by atoms with Crippen LogP contribution in [0.5, 0.6) is 0 Å². The molecule has 0 aromatic heterocycles. The quantitative estimate of drug-likeness (QED) is 0.897. The van der Waals surface area contributed by atoms with Crippen molar-refractivity contribution in [2.24, 2.45) is 5.92 Å². The Hall–Kier alpha value is -2.07. The molecule has 0 radical (unpaired) electrons. The largest absolute Gasteiger partial charge is 0.381 e. The number of ether oxygens (including phenoxy) is 1. The molecule has 0 saturated heterocycles. The highest BCUT2D eigenvalue weighted by Gasteiger charge is 2.34. The zero-order valence-corrected chi connectivity index (χ0v) is 14.8. The van der Waals surface area contributed by atoms with E-state index in [1.165, 1.54) is 22.4 Å².